The summed E-state index contributed by atoms with van der Waals surface area (Å²) in [6.07, 6.45) is 0.562. The Morgan fingerprint density at radius 2 is 1.87 bits per heavy atom. The van der Waals surface area contributed by atoms with Crippen molar-refractivity contribution in [2.45, 2.75) is 0 Å². The van der Waals surface area contributed by atoms with Crippen molar-refractivity contribution < 1.29 is 9.59 Å². The minimum atomic E-state index is -0.691. The van der Waals surface area contributed by atoms with Crippen LogP contribution in [0.1, 0.15) is 0 Å². The zero-order valence-corrected chi connectivity index (χ0v) is 7.99. The first-order valence-corrected chi connectivity index (χ1v) is 4.25. The van der Waals surface area contributed by atoms with E-state index in [2.05, 4.69) is 11.9 Å². The Hall–Kier alpha value is -2.23. The van der Waals surface area contributed by atoms with Gasteiger partial charge in [-0.3, -0.25) is 9.59 Å². The van der Waals surface area contributed by atoms with Gasteiger partial charge < -0.3 is 10.7 Å². The van der Waals surface area contributed by atoms with E-state index in [9.17, 15) is 9.59 Å². The molecule has 0 aliphatic carbocycles. The number of carbonyl (C=O) groups excluding carboxylic acids is 2. The Labute approximate surface area is 87.1 Å². The number of benzene rings is 1. The molecule has 0 fully saturated rings. The molecule has 0 saturated heterocycles. The Kier molecular flexibility index (Phi) is 3.51. The monoisotopic (exact) mass is 202 g/mol. The van der Waals surface area contributed by atoms with Crippen LogP contribution >= 0.6 is 0 Å². The van der Waals surface area contributed by atoms with Gasteiger partial charge in [-0.25, -0.2) is 0 Å². The van der Waals surface area contributed by atoms with Gasteiger partial charge in [0.25, 0.3) is 5.91 Å². The Morgan fingerprint density at radius 1 is 1.27 bits per heavy atom. The Balaban J connectivity index is 2.68. The van der Waals surface area contributed by atoms with Crippen molar-refractivity contribution in [3.05, 3.63) is 42.5 Å². The molecule has 0 spiro atoms. The molecule has 1 aromatic rings. The molecule has 0 heterocycles. The highest BCUT2D eigenvalue weighted by Crippen LogP contribution is 2.06. The molecule has 0 aromatic heterocycles. The van der Waals surface area contributed by atoms with E-state index in [1.54, 1.807) is 24.3 Å². The highest BCUT2D eigenvalue weighted by molar-refractivity contribution is 6.43. The number of ketones is 1. The largest absolute Gasteiger partial charge is 0.322 e. The second-order valence-corrected chi connectivity index (χ2v) is 2.81. The molecule has 1 aromatic carbocycles. The average molecular weight is 202 g/mol. The quantitative estimate of drug-likeness (QED) is 0.335. The highest BCUT2D eigenvalue weighted by Gasteiger charge is 2.12. The van der Waals surface area contributed by atoms with E-state index in [0.29, 0.717) is 11.9 Å². The van der Waals surface area contributed by atoms with E-state index in [1.165, 1.54) is 0 Å². The van der Waals surface area contributed by atoms with E-state index in [4.69, 9.17) is 5.41 Å². The topological polar surface area (TPSA) is 70.0 Å². The van der Waals surface area contributed by atoms with Gasteiger partial charge in [0.15, 0.2) is 0 Å². The molecular weight excluding hydrogens is 192 g/mol. The first-order valence-electron chi connectivity index (χ1n) is 4.25. The van der Waals surface area contributed by atoms with E-state index >= 15 is 0 Å². The fraction of sp³-hybridized carbons (Fsp3) is 0. The summed E-state index contributed by atoms with van der Waals surface area (Å²) in [6, 6.07) is 8.72. The number of hydrogen-bond acceptors (Lipinski definition) is 3. The lowest BCUT2D eigenvalue weighted by Crippen LogP contribution is -2.20. The SMILES string of the molecule is C=C(C(=O)C=N)C(=O)Nc1ccccc1. The zero-order valence-electron chi connectivity index (χ0n) is 7.99. The normalized spacial score (nSPS) is 9.07. The number of Topliss-reactive ketones (excluding diaryl/α,β-unsaturated/α-hetero) is 1. The van der Waals surface area contributed by atoms with Crippen molar-refractivity contribution in [1.82, 2.24) is 0 Å². The van der Waals surface area contributed by atoms with Gasteiger partial charge in [0, 0.05) is 5.69 Å². The van der Waals surface area contributed by atoms with Crippen molar-refractivity contribution in [2.75, 3.05) is 5.32 Å². The summed E-state index contributed by atoms with van der Waals surface area (Å²) >= 11 is 0. The number of rotatable bonds is 4. The van der Waals surface area contributed by atoms with Gasteiger partial charge >= 0.3 is 0 Å². The van der Waals surface area contributed by atoms with Crippen molar-refractivity contribution in [3.63, 3.8) is 0 Å². The molecule has 1 rings (SSSR count). The first-order chi connectivity index (χ1) is 7.15. The van der Waals surface area contributed by atoms with Crippen LogP contribution in [0, 0.1) is 5.41 Å². The van der Waals surface area contributed by atoms with Crippen LogP contribution in [0.25, 0.3) is 0 Å². The summed E-state index contributed by atoms with van der Waals surface area (Å²) in [4.78, 5) is 22.3. The summed E-state index contributed by atoms with van der Waals surface area (Å²) in [5.74, 6) is -1.28. The van der Waals surface area contributed by atoms with Crippen molar-refractivity contribution in [1.29, 1.82) is 5.41 Å². The van der Waals surface area contributed by atoms with Crippen LogP contribution in [0.3, 0.4) is 0 Å². The predicted octanol–water partition coefficient (Wildman–Crippen LogP) is 1.40. The maximum atomic E-state index is 11.4. The van der Waals surface area contributed by atoms with Gasteiger partial charge in [0.05, 0.1) is 11.8 Å². The number of amides is 1. The van der Waals surface area contributed by atoms with E-state index < -0.39 is 11.7 Å². The molecule has 0 atom stereocenters. The van der Waals surface area contributed by atoms with Gasteiger partial charge in [-0.2, -0.15) is 0 Å². The summed E-state index contributed by atoms with van der Waals surface area (Å²) in [6.45, 7) is 3.31. The summed E-state index contributed by atoms with van der Waals surface area (Å²) in [5, 5.41) is 9.19. The minimum Gasteiger partial charge on any atom is -0.322 e. The van der Waals surface area contributed by atoms with Gasteiger partial charge in [-0.15, -0.1) is 0 Å². The lowest BCUT2D eigenvalue weighted by atomic mass is 10.2. The molecule has 4 heteroatoms. The van der Waals surface area contributed by atoms with E-state index in [0.717, 1.165) is 0 Å². The van der Waals surface area contributed by atoms with Gasteiger partial charge in [0.2, 0.25) is 5.78 Å². The number of carbonyl (C=O) groups is 2. The lowest BCUT2D eigenvalue weighted by molar-refractivity contribution is -0.116. The summed E-state index contributed by atoms with van der Waals surface area (Å²) in [7, 11) is 0. The maximum absolute atomic E-state index is 11.4. The summed E-state index contributed by atoms with van der Waals surface area (Å²) < 4.78 is 0. The molecule has 0 radical (unpaired) electrons. The highest BCUT2D eigenvalue weighted by atomic mass is 16.2. The molecule has 0 saturated carbocycles. The van der Waals surface area contributed by atoms with Crippen LogP contribution in [0.15, 0.2) is 42.5 Å². The van der Waals surface area contributed by atoms with Gasteiger partial charge in [-0.1, -0.05) is 24.8 Å². The van der Waals surface area contributed by atoms with Gasteiger partial charge in [-0.05, 0) is 12.1 Å². The Morgan fingerprint density at radius 3 is 2.40 bits per heavy atom. The molecule has 0 aliphatic heterocycles. The third-order valence-corrected chi connectivity index (χ3v) is 1.73. The average Bonchev–Trinajstić information content (AvgIpc) is 2.28. The number of anilines is 1. The molecule has 2 N–H and O–H groups in total. The molecule has 0 bridgehead atoms. The zero-order chi connectivity index (χ0) is 11.3. The van der Waals surface area contributed by atoms with Crippen LogP contribution in [0.5, 0.6) is 0 Å². The third-order valence-electron chi connectivity index (χ3n) is 1.73. The van der Waals surface area contributed by atoms with Crippen molar-refractivity contribution in [3.8, 4) is 0 Å². The fourth-order valence-corrected chi connectivity index (χ4v) is 0.927. The number of nitrogens with one attached hydrogen (secondary N) is 2. The van der Waals surface area contributed by atoms with Crippen LogP contribution < -0.4 is 5.32 Å². The van der Waals surface area contributed by atoms with Crippen molar-refractivity contribution >= 4 is 23.6 Å². The fourth-order valence-electron chi connectivity index (χ4n) is 0.927. The van der Waals surface area contributed by atoms with Crippen molar-refractivity contribution in [2.24, 2.45) is 0 Å². The second kappa shape index (κ2) is 4.85. The number of para-hydroxylation sites is 1. The Bertz CT molecular complexity index is 410. The lowest BCUT2D eigenvalue weighted by Gasteiger charge is -2.04. The van der Waals surface area contributed by atoms with Crippen LogP contribution in [-0.4, -0.2) is 17.9 Å². The second-order valence-electron chi connectivity index (χ2n) is 2.81. The molecule has 4 nitrogen and oxygen atoms in total. The molecule has 0 aliphatic rings. The molecular formula is C11H10N2O2. The van der Waals surface area contributed by atoms with Gasteiger partial charge in [0.1, 0.15) is 0 Å². The van der Waals surface area contributed by atoms with Crippen LogP contribution in [-0.2, 0) is 9.59 Å². The van der Waals surface area contributed by atoms with Crippen LogP contribution in [0.2, 0.25) is 0 Å². The minimum absolute atomic E-state index is 0.242. The maximum Gasteiger partial charge on any atom is 0.259 e. The third kappa shape index (κ3) is 2.87. The molecule has 1 amide bonds. The molecule has 0 unspecified atom stereocenters. The predicted molar refractivity (Wildman–Crippen MR) is 58.0 cm³/mol. The molecule has 76 valence electrons. The summed E-state index contributed by atoms with van der Waals surface area (Å²) in [5.41, 5.74) is 0.343. The van der Waals surface area contributed by atoms with E-state index in [1.807, 2.05) is 6.07 Å². The number of hydrogen-bond donors (Lipinski definition) is 2. The van der Waals surface area contributed by atoms with E-state index in [-0.39, 0.29) is 5.57 Å². The smallest absolute Gasteiger partial charge is 0.259 e. The first kappa shape index (κ1) is 10.8. The standard InChI is InChI=1S/C11H10N2O2/c1-8(10(14)7-12)11(15)13-9-5-3-2-4-6-9/h2-7,12H,1H2,(H,13,15). The molecule has 15 heavy (non-hydrogen) atoms. The van der Waals surface area contributed by atoms with Crippen LogP contribution in [0.4, 0.5) is 5.69 Å².